The van der Waals surface area contributed by atoms with E-state index in [1.165, 1.54) is 0 Å². The average molecular weight is 396 g/mol. The molecule has 0 bridgehead atoms. The van der Waals surface area contributed by atoms with Crippen molar-refractivity contribution in [1.29, 1.82) is 0 Å². The number of unbranched alkanes of at least 4 members (excludes halogenated alkanes) is 1. The second-order valence-corrected chi connectivity index (χ2v) is 6.73. The normalized spacial score (nSPS) is 12.7. The summed E-state index contributed by atoms with van der Waals surface area (Å²) in [4.78, 5) is -0.778. The zero-order valence-corrected chi connectivity index (χ0v) is 12.9. The first-order valence-corrected chi connectivity index (χ1v) is 8.01. The van der Waals surface area contributed by atoms with Crippen molar-refractivity contribution in [1.82, 2.24) is 4.72 Å². The lowest BCUT2D eigenvalue weighted by molar-refractivity contribution is -0.135. The van der Waals surface area contributed by atoms with Crippen molar-refractivity contribution >= 4 is 26.0 Å². The van der Waals surface area contributed by atoms with E-state index in [4.69, 9.17) is 0 Å². The summed E-state index contributed by atoms with van der Waals surface area (Å²) in [5.41, 5.74) is 0. The van der Waals surface area contributed by atoms with Gasteiger partial charge in [-0.15, -0.1) is 0 Å². The van der Waals surface area contributed by atoms with Crippen molar-refractivity contribution < 1.29 is 30.4 Å². The minimum absolute atomic E-state index is 0.0564. The Hall–Kier alpha value is -0.740. The molecule has 0 aliphatic carbocycles. The van der Waals surface area contributed by atoms with Crippen LogP contribution in [0.5, 0.6) is 0 Å². The molecule has 0 fully saturated rings. The summed E-state index contributed by atoms with van der Waals surface area (Å²) in [6.45, 7) is -0.276. The predicted molar refractivity (Wildman–Crippen MR) is 69.2 cm³/mol. The second-order valence-electron chi connectivity index (χ2n) is 4.17. The summed E-state index contributed by atoms with van der Waals surface area (Å²) in [7, 11) is -4.27. The number of halogens is 6. The third-order valence-corrected chi connectivity index (χ3v) is 4.84. The van der Waals surface area contributed by atoms with Gasteiger partial charge in [-0.05, 0) is 34.8 Å². The standard InChI is InChI=1S/C11H11BrF5NO2S/c12-8-5-7(13)6-9(14)10(8)21(19,20)18-4-2-1-3-11(15,16)17/h5-6,18H,1-4H2. The number of hydrogen-bond donors (Lipinski definition) is 1. The molecule has 0 aromatic heterocycles. The Kier molecular flexibility index (Phi) is 6.11. The fourth-order valence-electron chi connectivity index (χ4n) is 1.51. The topological polar surface area (TPSA) is 46.2 Å². The van der Waals surface area contributed by atoms with E-state index in [9.17, 15) is 30.4 Å². The Balaban J connectivity index is 2.67. The number of benzene rings is 1. The lowest BCUT2D eigenvalue weighted by Gasteiger charge is -2.10. The molecule has 1 rings (SSSR count). The molecular formula is C11H11BrF5NO2S. The van der Waals surface area contributed by atoms with Gasteiger partial charge in [-0.3, -0.25) is 0 Å². The Labute approximate surface area is 126 Å². The van der Waals surface area contributed by atoms with Crippen LogP contribution < -0.4 is 4.72 Å². The van der Waals surface area contributed by atoms with Crippen LogP contribution in [0.4, 0.5) is 22.0 Å². The van der Waals surface area contributed by atoms with Crippen molar-refractivity contribution in [2.75, 3.05) is 6.54 Å². The average Bonchev–Trinajstić information content (AvgIpc) is 2.24. The van der Waals surface area contributed by atoms with Gasteiger partial charge in [0.25, 0.3) is 0 Å². The Bertz CT molecular complexity index is 580. The van der Waals surface area contributed by atoms with Gasteiger partial charge in [0.2, 0.25) is 10.0 Å². The number of rotatable bonds is 6. The summed E-state index contributed by atoms with van der Waals surface area (Å²) in [6, 6.07) is 1.18. The van der Waals surface area contributed by atoms with Gasteiger partial charge >= 0.3 is 6.18 Å². The fraction of sp³-hybridized carbons (Fsp3) is 0.455. The van der Waals surface area contributed by atoms with E-state index in [1.54, 1.807) is 0 Å². The lowest BCUT2D eigenvalue weighted by Crippen LogP contribution is -2.26. The summed E-state index contributed by atoms with van der Waals surface area (Å²) in [5.74, 6) is -2.24. The molecule has 0 amide bonds. The first-order valence-electron chi connectivity index (χ1n) is 5.74. The van der Waals surface area contributed by atoms with Crippen LogP contribution in [0.1, 0.15) is 19.3 Å². The van der Waals surface area contributed by atoms with Crippen LogP contribution in [0, 0.1) is 11.6 Å². The van der Waals surface area contributed by atoms with Gasteiger partial charge in [0, 0.05) is 23.5 Å². The Morgan fingerprint density at radius 1 is 1.14 bits per heavy atom. The number of alkyl halides is 3. The van der Waals surface area contributed by atoms with Crippen LogP contribution in [-0.4, -0.2) is 21.1 Å². The lowest BCUT2D eigenvalue weighted by atomic mass is 10.2. The molecule has 0 radical (unpaired) electrons. The Morgan fingerprint density at radius 3 is 2.29 bits per heavy atom. The van der Waals surface area contributed by atoms with Crippen molar-refractivity contribution in [2.24, 2.45) is 0 Å². The quantitative estimate of drug-likeness (QED) is 0.589. The highest BCUT2D eigenvalue weighted by Crippen LogP contribution is 2.26. The van der Waals surface area contributed by atoms with Crippen LogP contribution in [0.25, 0.3) is 0 Å². The first-order chi connectivity index (χ1) is 9.53. The van der Waals surface area contributed by atoms with Crippen LogP contribution in [0.15, 0.2) is 21.5 Å². The van der Waals surface area contributed by atoms with E-state index in [-0.39, 0.29) is 23.9 Å². The van der Waals surface area contributed by atoms with Crippen LogP contribution in [-0.2, 0) is 10.0 Å². The summed E-state index contributed by atoms with van der Waals surface area (Å²) in [5, 5.41) is 0. The zero-order valence-electron chi connectivity index (χ0n) is 10.5. The molecule has 0 unspecified atom stereocenters. The summed E-state index contributed by atoms with van der Waals surface area (Å²) in [6.07, 6.45) is -5.63. The number of hydrogen-bond acceptors (Lipinski definition) is 2. The smallest absolute Gasteiger partial charge is 0.211 e. The molecule has 1 N–H and O–H groups in total. The molecule has 0 heterocycles. The second kappa shape index (κ2) is 7.01. The Morgan fingerprint density at radius 2 is 1.76 bits per heavy atom. The van der Waals surface area contributed by atoms with Gasteiger partial charge in [-0.2, -0.15) is 13.2 Å². The van der Waals surface area contributed by atoms with E-state index in [0.717, 1.165) is 6.07 Å². The molecule has 21 heavy (non-hydrogen) atoms. The third-order valence-electron chi connectivity index (χ3n) is 2.41. The molecule has 0 saturated carbocycles. The maximum absolute atomic E-state index is 13.5. The fourth-order valence-corrected chi connectivity index (χ4v) is 3.75. The summed E-state index contributed by atoms with van der Waals surface area (Å²) < 4.78 is 87.4. The van der Waals surface area contributed by atoms with Crippen molar-refractivity contribution in [2.45, 2.75) is 30.3 Å². The predicted octanol–water partition coefficient (Wildman–Crippen LogP) is 3.74. The summed E-state index contributed by atoms with van der Waals surface area (Å²) >= 11 is 2.73. The van der Waals surface area contributed by atoms with Gasteiger partial charge in [-0.25, -0.2) is 21.9 Å². The molecule has 0 spiro atoms. The largest absolute Gasteiger partial charge is 0.389 e. The molecule has 3 nitrogen and oxygen atoms in total. The minimum Gasteiger partial charge on any atom is -0.211 e. The zero-order chi connectivity index (χ0) is 16.3. The maximum Gasteiger partial charge on any atom is 0.389 e. The van der Waals surface area contributed by atoms with Gasteiger partial charge in [0.1, 0.15) is 16.5 Å². The molecule has 10 heteroatoms. The first kappa shape index (κ1) is 18.3. The van der Waals surface area contributed by atoms with E-state index in [0.29, 0.717) is 6.07 Å². The molecular weight excluding hydrogens is 385 g/mol. The third kappa shape index (κ3) is 5.87. The van der Waals surface area contributed by atoms with Crippen LogP contribution in [0.2, 0.25) is 0 Å². The van der Waals surface area contributed by atoms with E-state index >= 15 is 0 Å². The van der Waals surface area contributed by atoms with Crippen molar-refractivity contribution in [3.8, 4) is 0 Å². The number of nitrogens with one attached hydrogen (secondary N) is 1. The van der Waals surface area contributed by atoms with Gasteiger partial charge in [-0.1, -0.05) is 0 Å². The minimum atomic E-state index is -4.30. The van der Waals surface area contributed by atoms with E-state index in [2.05, 4.69) is 15.9 Å². The number of sulfonamides is 1. The van der Waals surface area contributed by atoms with Crippen molar-refractivity contribution in [3.05, 3.63) is 28.2 Å². The van der Waals surface area contributed by atoms with E-state index < -0.39 is 39.2 Å². The van der Waals surface area contributed by atoms with Crippen LogP contribution >= 0.6 is 15.9 Å². The molecule has 0 atom stereocenters. The van der Waals surface area contributed by atoms with Crippen molar-refractivity contribution in [3.63, 3.8) is 0 Å². The molecule has 0 aliphatic rings. The monoisotopic (exact) mass is 395 g/mol. The highest BCUT2D eigenvalue weighted by Gasteiger charge is 2.26. The highest BCUT2D eigenvalue weighted by molar-refractivity contribution is 9.10. The van der Waals surface area contributed by atoms with Gasteiger partial charge < -0.3 is 0 Å². The molecule has 1 aromatic rings. The molecule has 120 valence electrons. The highest BCUT2D eigenvalue weighted by atomic mass is 79.9. The maximum atomic E-state index is 13.5. The van der Waals surface area contributed by atoms with Crippen LogP contribution in [0.3, 0.4) is 0 Å². The SMILES string of the molecule is O=S(=O)(NCCCCC(F)(F)F)c1c(F)cc(F)cc1Br. The molecule has 0 saturated heterocycles. The van der Waals surface area contributed by atoms with Gasteiger partial charge in [0.15, 0.2) is 0 Å². The van der Waals surface area contributed by atoms with Gasteiger partial charge in [0.05, 0.1) is 0 Å². The molecule has 1 aromatic carbocycles. The van der Waals surface area contributed by atoms with E-state index in [1.807, 2.05) is 4.72 Å². The molecule has 0 aliphatic heterocycles.